The van der Waals surface area contributed by atoms with Gasteiger partial charge in [0, 0.05) is 10.2 Å². The molecule has 1 atom stereocenters. The van der Waals surface area contributed by atoms with Crippen LogP contribution in [0.5, 0.6) is 0 Å². The molecule has 2 rings (SSSR count). The van der Waals surface area contributed by atoms with Crippen LogP contribution in [0.1, 0.15) is 24.0 Å². The van der Waals surface area contributed by atoms with E-state index < -0.39 is 10.0 Å². The van der Waals surface area contributed by atoms with E-state index in [4.69, 9.17) is 0 Å². The molecule has 0 radical (unpaired) electrons. The summed E-state index contributed by atoms with van der Waals surface area (Å²) in [6, 6.07) is 15.2. The lowest BCUT2D eigenvalue weighted by molar-refractivity contribution is 0.595. The van der Waals surface area contributed by atoms with Gasteiger partial charge in [-0.05, 0) is 42.2 Å². The molecule has 0 amide bonds. The molecular weight excluding hydrogens is 350 g/mol. The molecule has 112 valence electrons. The first kappa shape index (κ1) is 16.0. The number of anilines is 1. The summed E-state index contributed by atoms with van der Waals surface area (Å²) >= 11 is 3.37. The molecule has 2 aromatic carbocycles. The maximum Gasteiger partial charge on any atom is 0.233 e. The zero-order valence-corrected chi connectivity index (χ0v) is 14.4. The van der Waals surface area contributed by atoms with Crippen molar-refractivity contribution < 1.29 is 8.42 Å². The number of sulfonamides is 1. The molecule has 2 aromatic rings. The standard InChI is InChI=1S/C16H18BrNO2S/c1-12-8-15(17)10-16(9-12)18-21(19,20)11-13(2)14-6-4-3-5-7-14/h3-10,13,18H,11H2,1-2H3. The van der Waals surface area contributed by atoms with Crippen LogP contribution in [-0.4, -0.2) is 14.2 Å². The second-order valence-corrected chi connectivity index (χ2v) is 7.90. The predicted octanol–water partition coefficient (Wildman–Crippen LogP) is 4.30. The normalized spacial score (nSPS) is 12.9. The molecule has 1 N–H and O–H groups in total. The molecule has 5 heteroatoms. The van der Waals surface area contributed by atoms with Gasteiger partial charge in [-0.1, -0.05) is 53.2 Å². The van der Waals surface area contributed by atoms with Crippen LogP contribution in [0.4, 0.5) is 5.69 Å². The first-order chi connectivity index (χ1) is 9.85. The number of aryl methyl sites for hydroxylation is 1. The van der Waals surface area contributed by atoms with Crippen molar-refractivity contribution >= 4 is 31.6 Å². The molecule has 1 unspecified atom stereocenters. The van der Waals surface area contributed by atoms with E-state index in [0.29, 0.717) is 5.69 Å². The van der Waals surface area contributed by atoms with Gasteiger partial charge in [-0.15, -0.1) is 0 Å². The van der Waals surface area contributed by atoms with Gasteiger partial charge >= 0.3 is 0 Å². The third-order valence-electron chi connectivity index (χ3n) is 3.15. The fourth-order valence-electron chi connectivity index (χ4n) is 2.22. The summed E-state index contributed by atoms with van der Waals surface area (Å²) < 4.78 is 28.1. The maximum atomic E-state index is 12.3. The van der Waals surface area contributed by atoms with Crippen LogP contribution in [0, 0.1) is 6.92 Å². The first-order valence-corrected chi connectivity index (χ1v) is 9.13. The summed E-state index contributed by atoms with van der Waals surface area (Å²) in [6.45, 7) is 3.84. The largest absolute Gasteiger partial charge is 0.283 e. The van der Waals surface area contributed by atoms with E-state index in [0.717, 1.165) is 15.6 Å². The molecule has 0 bridgehead atoms. The van der Waals surface area contributed by atoms with Crippen LogP contribution >= 0.6 is 15.9 Å². The quantitative estimate of drug-likeness (QED) is 0.855. The Labute approximate surface area is 134 Å². The van der Waals surface area contributed by atoms with Gasteiger partial charge in [-0.3, -0.25) is 4.72 Å². The highest BCUT2D eigenvalue weighted by atomic mass is 79.9. The molecule has 0 heterocycles. The summed E-state index contributed by atoms with van der Waals surface area (Å²) in [6.07, 6.45) is 0. The van der Waals surface area contributed by atoms with Gasteiger partial charge in [0.2, 0.25) is 10.0 Å². The van der Waals surface area contributed by atoms with Crippen molar-refractivity contribution in [3.8, 4) is 0 Å². The molecule has 0 fully saturated rings. The molecule has 0 saturated carbocycles. The summed E-state index contributed by atoms with van der Waals surface area (Å²) in [5, 5.41) is 0. The SMILES string of the molecule is Cc1cc(Br)cc(NS(=O)(=O)CC(C)c2ccccc2)c1. The highest BCUT2D eigenvalue weighted by Gasteiger charge is 2.17. The van der Waals surface area contributed by atoms with Crippen molar-refractivity contribution in [3.05, 3.63) is 64.1 Å². The predicted molar refractivity (Wildman–Crippen MR) is 91.1 cm³/mol. The van der Waals surface area contributed by atoms with Gasteiger partial charge < -0.3 is 0 Å². The summed E-state index contributed by atoms with van der Waals surface area (Å²) in [7, 11) is -3.39. The van der Waals surface area contributed by atoms with Crippen molar-refractivity contribution in [1.29, 1.82) is 0 Å². The zero-order valence-electron chi connectivity index (χ0n) is 12.0. The van der Waals surface area contributed by atoms with E-state index in [9.17, 15) is 8.42 Å². The zero-order chi connectivity index (χ0) is 15.5. The third kappa shape index (κ3) is 4.86. The second-order valence-electron chi connectivity index (χ2n) is 5.21. The number of nitrogens with one attached hydrogen (secondary N) is 1. The van der Waals surface area contributed by atoms with E-state index in [1.54, 1.807) is 6.07 Å². The Kier molecular flexibility index (Phi) is 5.06. The van der Waals surface area contributed by atoms with E-state index >= 15 is 0 Å². The fraction of sp³-hybridized carbons (Fsp3) is 0.250. The van der Waals surface area contributed by atoms with Crippen LogP contribution in [0.25, 0.3) is 0 Å². The number of halogens is 1. The molecule has 21 heavy (non-hydrogen) atoms. The summed E-state index contributed by atoms with van der Waals surface area (Å²) in [4.78, 5) is 0. The van der Waals surface area contributed by atoms with Crippen molar-refractivity contribution in [1.82, 2.24) is 0 Å². The average molecular weight is 368 g/mol. The third-order valence-corrected chi connectivity index (χ3v) is 5.10. The van der Waals surface area contributed by atoms with E-state index in [2.05, 4.69) is 20.7 Å². The molecule has 0 aliphatic carbocycles. The number of hydrogen-bond acceptors (Lipinski definition) is 2. The Balaban J connectivity index is 2.12. The first-order valence-electron chi connectivity index (χ1n) is 6.68. The Morgan fingerprint density at radius 1 is 1.14 bits per heavy atom. The Hall–Kier alpha value is -1.33. The smallest absolute Gasteiger partial charge is 0.233 e. The molecular formula is C16H18BrNO2S. The topological polar surface area (TPSA) is 46.2 Å². The highest BCUT2D eigenvalue weighted by Crippen LogP contribution is 2.22. The van der Waals surface area contributed by atoms with Gasteiger partial charge in [-0.2, -0.15) is 0 Å². The van der Waals surface area contributed by atoms with Crippen molar-refractivity contribution in [2.75, 3.05) is 10.5 Å². The Bertz CT molecular complexity index is 694. The van der Waals surface area contributed by atoms with E-state index in [1.807, 2.05) is 56.3 Å². The summed E-state index contributed by atoms with van der Waals surface area (Å²) in [5.74, 6) is -0.000270. The van der Waals surface area contributed by atoms with Gasteiger partial charge in [-0.25, -0.2) is 8.42 Å². The molecule has 0 aliphatic rings. The Morgan fingerprint density at radius 3 is 2.43 bits per heavy atom. The monoisotopic (exact) mass is 367 g/mol. The van der Waals surface area contributed by atoms with Crippen LogP contribution < -0.4 is 4.72 Å². The minimum Gasteiger partial charge on any atom is -0.283 e. The van der Waals surface area contributed by atoms with Crippen molar-refractivity contribution in [3.63, 3.8) is 0 Å². The minimum absolute atomic E-state index is 0.0581. The van der Waals surface area contributed by atoms with E-state index in [-0.39, 0.29) is 11.7 Å². The lowest BCUT2D eigenvalue weighted by Gasteiger charge is -2.14. The summed E-state index contributed by atoms with van der Waals surface area (Å²) in [5.41, 5.74) is 2.61. The maximum absolute atomic E-state index is 12.3. The number of benzene rings is 2. The van der Waals surface area contributed by atoms with Crippen LogP contribution in [0.15, 0.2) is 53.0 Å². The number of hydrogen-bond donors (Lipinski definition) is 1. The van der Waals surface area contributed by atoms with Crippen molar-refractivity contribution in [2.45, 2.75) is 19.8 Å². The van der Waals surface area contributed by atoms with Gasteiger partial charge in [0.25, 0.3) is 0 Å². The molecule has 0 saturated heterocycles. The average Bonchev–Trinajstić information content (AvgIpc) is 2.37. The number of rotatable bonds is 5. The molecule has 0 spiro atoms. The minimum atomic E-state index is -3.39. The lowest BCUT2D eigenvalue weighted by Crippen LogP contribution is -2.20. The van der Waals surface area contributed by atoms with Crippen LogP contribution in [0.3, 0.4) is 0 Å². The molecule has 0 aliphatic heterocycles. The van der Waals surface area contributed by atoms with Crippen LogP contribution in [0.2, 0.25) is 0 Å². The van der Waals surface area contributed by atoms with E-state index in [1.165, 1.54) is 0 Å². The van der Waals surface area contributed by atoms with Gasteiger partial charge in [0.1, 0.15) is 0 Å². The Morgan fingerprint density at radius 2 is 1.81 bits per heavy atom. The van der Waals surface area contributed by atoms with Crippen molar-refractivity contribution in [2.24, 2.45) is 0 Å². The molecule has 0 aromatic heterocycles. The fourth-order valence-corrected chi connectivity index (χ4v) is 4.24. The second kappa shape index (κ2) is 6.62. The molecule has 3 nitrogen and oxygen atoms in total. The lowest BCUT2D eigenvalue weighted by atomic mass is 10.0. The highest BCUT2D eigenvalue weighted by molar-refractivity contribution is 9.10. The van der Waals surface area contributed by atoms with Gasteiger partial charge in [0.15, 0.2) is 0 Å². The van der Waals surface area contributed by atoms with Gasteiger partial charge in [0.05, 0.1) is 5.75 Å². The van der Waals surface area contributed by atoms with Crippen LogP contribution in [-0.2, 0) is 10.0 Å².